The molecule has 0 saturated carbocycles. The van der Waals surface area contributed by atoms with Crippen molar-refractivity contribution in [2.45, 2.75) is 6.18 Å². The molecule has 7 heteroatoms. The summed E-state index contributed by atoms with van der Waals surface area (Å²) in [6.45, 7) is -0.00493. The molecule has 144 valence electrons. The monoisotopic (exact) mass is 386 g/mol. The molecule has 0 spiro atoms. The number of carbonyl (C=O) groups excluding carboxylic acids is 2. The lowest BCUT2D eigenvalue weighted by molar-refractivity contribution is -0.137. The van der Waals surface area contributed by atoms with Crippen LogP contribution in [0.25, 0.3) is 6.08 Å². The van der Waals surface area contributed by atoms with Gasteiger partial charge in [0.1, 0.15) is 0 Å². The summed E-state index contributed by atoms with van der Waals surface area (Å²) < 4.78 is 37.9. The molecule has 0 radical (unpaired) electrons. The van der Waals surface area contributed by atoms with Crippen molar-refractivity contribution in [3.63, 3.8) is 0 Å². The van der Waals surface area contributed by atoms with E-state index in [2.05, 4.69) is 22.5 Å². The lowest BCUT2D eigenvalue weighted by Crippen LogP contribution is -2.20. The molecule has 0 fully saturated rings. The highest BCUT2D eigenvalue weighted by molar-refractivity contribution is 5.94. The molecule has 0 aliphatic heterocycles. The number of alkyl halides is 3. The first-order valence-corrected chi connectivity index (χ1v) is 8.24. The maximum absolute atomic E-state index is 12.6. The third-order valence-electron chi connectivity index (χ3n) is 3.60. The highest BCUT2D eigenvalue weighted by atomic mass is 19.4. The first-order valence-electron chi connectivity index (χ1n) is 8.24. The molecule has 0 unspecified atom stereocenters. The molecule has 2 aromatic rings. The summed E-state index contributed by atoms with van der Waals surface area (Å²) >= 11 is 0. The smallest absolute Gasteiger partial charge is 0.355 e. The zero-order valence-corrected chi connectivity index (χ0v) is 14.9. The van der Waals surface area contributed by atoms with E-state index in [1.165, 1.54) is 25.3 Å². The third-order valence-corrected chi connectivity index (χ3v) is 3.60. The van der Waals surface area contributed by atoms with Crippen LogP contribution in [0.2, 0.25) is 0 Å². The van der Waals surface area contributed by atoms with E-state index >= 15 is 0 Å². The Morgan fingerprint density at radius 3 is 2.46 bits per heavy atom. The number of carbonyl (C=O) groups is 2. The highest BCUT2D eigenvalue weighted by Crippen LogP contribution is 2.29. The van der Waals surface area contributed by atoms with Crippen molar-refractivity contribution in [2.24, 2.45) is 0 Å². The summed E-state index contributed by atoms with van der Waals surface area (Å²) in [4.78, 5) is 23.2. The highest BCUT2D eigenvalue weighted by Gasteiger charge is 2.30. The fraction of sp³-hybridized carbons (Fsp3) is 0.143. The maximum atomic E-state index is 12.6. The molecule has 2 amide bonds. The van der Waals surface area contributed by atoms with Crippen LogP contribution in [0.15, 0.2) is 54.6 Å². The van der Waals surface area contributed by atoms with Gasteiger partial charge in [0.05, 0.1) is 12.1 Å². The first-order chi connectivity index (χ1) is 13.3. The predicted molar refractivity (Wildman–Crippen MR) is 100 cm³/mol. The van der Waals surface area contributed by atoms with Gasteiger partial charge >= 0.3 is 6.18 Å². The van der Waals surface area contributed by atoms with E-state index in [0.717, 1.165) is 17.7 Å². The van der Waals surface area contributed by atoms with Gasteiger partial charge in [-0.15, -0.1) is 0 Å². The van der Waals surface area contributed by atoms with Crippen LogP contribution in [-0.4, -0.2) is 25.4 Å². The maximum Gasteiger partial charge on any atom is 0.416 e. The molecule has 0 aliphatic carbocycles. The summed E-state index contributed by atoms with van der Waals surface area (Å²) in [5.41, 5.74) is 0.691. The first kappa shape index (κ1) is 20.8. The van der Waals surface area contributed by atoms with Crippen molar-refractivity contribution in [1.29, 1.82) is 0 Å². The molecular weight excluding hydrogens is 369 g/mol. The molecule has 0 atom stereocenters. The van der Waals surface area contributed by atoms with E-state index < -0.39 is 17.6 Å². The number of hydrogen-bond acceptors (Lipinski definition) is 2. The van der Waals surface area contributed by atoms with Crippen LogP contribution >= 0.6 is 0 Å². The minimum atomic E-state index is -4.42. The molecule has 0 aromatic heterocycles. The lowest BCUT2D eigenvalue weighted by Gasteiger charge is -2.05. The molecule has 2 rings (SSSR count). The molecule has 28 heavy (non-hydrogen) atoms. The SMILES string of the molecule is CNC(=O)c1ccc(/C=C/C(=O)NCC#Cc2cccc(C(F)(F)F)c2)cc1. The Morgan fingerprint density at radius 1 is 1.11 bits per heavy atom. The normalized spacial score (nSPS) is 10.9. The second-order valence-corrected chi connectivity index (χ2v) is 5.63. The molecule has 4 nitrogen and oxygen atoms in total. The lowest BCUT2D eigenvalue weighted by atomic mass is 10.1. The summed E-state index contributed by atoms with van der Waals surface area (Å²) in [7, 11) is 1.54. The van der Waals surface area contributed by atoms with Crippen LogP contribution in [0.3, 0.4) is 0 Å². The Hall–Kier alpha value is -3.53. The fourth-order valence-corrected chi connectivity index (χ4v) is 2.17. The van der Waals surface area contributed by atoms with Crippen molar-refractivity contribution in [3.05, 3.63) is 76.9 Å². The van der Waals surface area contributed by atoms with E-state index in [1.54, 1.807) is 30.3 Å². The largest absolute Gasteiger partial charge is 0.416 e. The van der Waals surface area contributed by atoms with E-state index in [4.69, 9.17) is 0 Å². The van der Waals surface area contributed by atoms with E-state index in [0.29, 0.717) is 5.56 Å². The van der Waals surface area contributed by atoms with Crippen molar-refractivity contribution < 1.29 is 22.8 Å². The molecule has 2 N–H and O–H groups in total. The third kappa shape index (κ3) is 6.32. The molecule has 2 aromatic carbocycles. The summed E-state index contributed by atoms with van der Waals surface area (Å²) in [6.07, 6.45) is -1.54. The van der Waals surface area contributed by atoms with Crippen molar-refractivity contribution >= 4 is 17.9 Å². The number of benzene rings is 2. The zero-order valence-electron chi connectivity index (χ0n) is 14.9. The second-order valence-electron chi connectivity index (χ2n) is 5.63. The summed E-state index contributed by atoms with van der Waals surface area (Å²) in [5, 5.41) is 5.03. The second kappa shape index (κ2) is 9.42. The molecule has 0 saturated heterocycles. The van der Waals surface area contributed by atoms with Gasteiger partial charge in [-0.1, -0.05) is 30.0 Å². The summed E-state index contributed by atoms with van der Waals surface area (Å²) in [5.74, 6) is 4.59. The molecule has 0 heterocycles. The zero-order chi connectivity index (χ0) is 20.6. The topological polar surface area (TPSA) is 58.2 Å². The number of halogens is 3. The van der Waals surface area contributed by atoms with Crippen LogP contribution in [0.5, 0.6) is 0 Å². The van der Waals surface area contributed by atoms with Gasteiger partial charge in [0.2, 0.25) is 5.91 Å². The van der Waals surface area contributed by atoms with Crippen molar-refractivity contribution in [2.75, 3.05) is 13.6 Å². The summed E-state index contributed by atoms with van der Waals surface area (Å²) in [6, 6.07) is 11.3. The van der Waals surface area contributed by atoms with E-state index in [-0.39, 0.29) is 18.0 Å². The molecule has 0 aliphatic rings. The van der Waals surface area contributed by atoms with Crippen LogP contribution < -0.4 is 10.6 Å². The van der Waals surface area contributed by atoms with Gasteiger partial charge in [-0.05, 0) is 42.0 Å². The van der Waals surface area contributed by atoms with E-state index in [1.807, 2.05) is 0 Å². The van der Waals surface area contributed by atoms with Gasteiger partial charge in [0.25, 0.3) is 5.91 Å². The van der Waals surface area contributed by atoms with Gasteiger partial charge in [0.15, 0.2) is 0 Å². The number of hydrogen-bond donors (Lipinski definition) is 2. The van der Waals surface area contributed by atoms with Gasteiger partial charge in [-0.25, -0.2) is 0 Å². The van der Waals surface area contributed by atoms with E-state index in [9.17, 15) is 22.8 Å². The fourth-order valence-electron chi connectivity index (χ4n) is 2.17. The number of amides is 2. The molecule has 0 bridgehead atoms. The van der Waals surface area contributed by atoms with Crippen LogP contribution in [0, 0.1) is 11.8 Å². The Labute approximate surface area is 160 Å². The predicted octanol–water partition coefficient (Wildman–Crippen LogP) is 3.25. The Kier molecular flexibility index (Phi) is 6.99. The molecular formula is C21H17F3N2O2. The average molecular weight is 386 g/mol. The Morgan fingerprint density at radius 2 is 1.82 bits per heavy atom. The van der Waals surface area contributed by atoms with Crippen LogP contribution in [0.4, 0.5) is 13.2 Å². The van der Waals surface area contributed by atoms with Crippen molar-refractivity contribution in [1.82, 2.24) is 10.6 Å². The minimum absolute atomic E-state index is 0.00493. The quantitative estimate of drug-likeness (QED) is 0.626. The Balaban J connectivity index is 1.87. The average Bonchev–Trinajstić information content (AvgIpc) is 2.69. The Bertz CT molecular complexity index is 937. The van der Waals surface area contributed by atoms with Crippen LogP contribution in [-0.2, 0) is 11.0 Å². The number of nitrogens with one attached hydrogen (secondary N) is 2. The van der Waals surface area contributed by atoms with Crippen LogP contribution in [0.1, 0.15) is 27.0 Å². The minimum Gasteiger partial charge on any atom is -0.355 e. The van der Waals surface area contributed by atoms with Gasteiger partial charge in [0, 0.05) is 24.3 Å². The van der Waals surface area contributed by atoms with Gasteiger partial charge in [-0.2, -0.15) is 13.2 Å². The standard InChI is InChI=1S/C21H17F3N2O2/c1-25-20(28)17-10-7-15(8-11-17)9-12-19(27)26-13-3-5-16-4-2-6-18(14-16)21(22,23)24/h2,4,6-12,14H,13H2,1H3,(H,25,28)(H,26,27)/b12-9+. The number of rotatable bonds is 4. The van der Waals surface area contributed by atoms with Gasteiger partial charge in [-0.3, -0.25) is 9.59 Å². The van der Waals surface area contributed by atoms with Gasteiger partial charge < -0.3 is 10.6 Å². The van der Waals surface area contributed by atoms with Crippen molar-refractivity contribution in [3.8, 4) is 11.8 Å².